The Hall–Kier alpha value is -3.17. The minimum atomic E-state index is -0.0930. The maximum absolute atomic E-state index is 13.0. The lowest BCUT2D eigenvalue weighted by Gasteiger charge is -2.40. The largest absolute Gasteiger partial charge is 0.496 e. The number of carbonyl (C=O) groups is 2. The lowest BCUT2D eigenvalue weighted by molar-refractivity contribution is 0.0383. The Morgan fingerprint density at radius 2 is 1.86 bits per heavy atom. The van der Waals surface area contributed by atoms with E-state index in [2.05, 4.69) is 25.4 Å². The molecule has 3 aliphatic heterocycles. The molecule has 2 N–H and O–H groups in total. The number of ether oxygens (including phenoxy) is 2. The average molecular weight is 512 g/mol. The van der Waals surface area contributed by atoms with Crippen molar-refractivity contribution in [3.8, 4) is 5.75 Å². The van der Waals surface area contributed by atoms with Gasteiger partial charge in [0.05, 0.1) is 25.9 Å². The number of aromatic nitrogens is 1. The summed E-state index contributed by atoms with van der Waals surface area (Å²) in [5.41, 5.74) is 2.10. The van der Waals surface area contributed by atoms with Crippen LogP contribution in [0.15, 0.2) is 36.5 Å². The Morgan fingerprint density at radius 3 is 2.54 bits per heavy atom. The molecule has 5 rings (SSSR count). The summed E-state index contributed by atoms with van der Waals surface area (Å²) >= 11 is 0. The molecule has 1 aromatic heterocycles. The summed E-state index contributed by atoms with van der Waals surface area (Å²) in [6.45, 7) is 6.69. The van der Waals surface area contributed by atoms with Gasteiger partial charge in [0, 0.05) is 64.5 Å². The van der Waals surface area contributed by atoms with Crippen molar-refractivity contribution >= 4 is 17.6 Å². The van der Waals surface area contributed by atoms with Crippen LogP contribution >= 0.6 is 0 Å². The first kappa shape index (κ1) is 25.5. The van der Waals surface area contributed by atoms with Crippen LogP contribution in [-0.2, 0) is 4.74 Å². The van der Waals surface area contributed by atoms with Crippen molar-refractivity contribution in [2.24, 2.45) is 0 Å². The Kier molecular flexibility index (Phi) is 7.90. The molecule has 2 amide bonds. The maximum Gasteiger partial charge on any atom is 0.252 e. The number of nitrogens with one attached hydrogen (secondary N) is 2. The summed E-state index contributed by atoms with van der Waals surface area (Å²) in [5, 5.41) is 6.26. The van der Waals surface area contributed by atoms with Crippen LogP contribution in [0.1, 0.15) is 54.8 Å². The number of amides is 2. The highest BCUT2D eigenvalue weighted by Gasteiger charge is 2.42. The highest BCUT2D eigenvalue weighted by Crippen LogP contribution is 2.38. The molecule has 37 heavy (non-hydrogen) atoms. The number of methoxy groups -OCH3 is 1. The third-order valence-electron chi connectivity index (χ3n) is 7.91. The van der Waals surface area contributed by atoms with Gasteiger partial charge in [0.25, 0.3) is 11.8 Å². The monoisotopic (exact) mass is 511 g/mol. The number of pyridine rings is 1. The van der Waals surface area contributed by atoms with Crippen molar-refractivity contribution in [2.75, 3.05) is 51.4 Å². The molecule has 2 unspecified atom stereocenters. The van der Waals surface area contributed by atoms with Crippen LogP contribution in [-0.4, -0.2) is 86.3 Å². The van der Waals surface area contributed by atoms with Gasteiger partial charge in [-0.1, -0.05) is 6.07 Å². The van der Waals surface area contributed by atoms with Gasteiger partial charge < -0.3 is 25.0 Å². The fraction of sp³-hybridized carbons (Fsp3) is 0.536. The van der Waals surface area contributed by atoms with Crippen molar-refractivity contribution in [1.82, 2.24) is 20.5 Å². The van der Waals surface area contributed by atoms with E-state index < -0.39 is 0 Å². The summed E-state index contributed by atoms with van der Waals surface area (Å²) < 4.78 is 10.7. The predicted molar refractivity (Wildman–Crippen MR) is 146 cm³/mol. The van der Waals surface area contributed by atoms with Gasteiger partial charge in [-0.15, -0.1) is 0 Å². The summed E-state index contributed by atoms with van der Waals surface area (Å²) in [7, 11) is 1.62. The summed E-state index contributed by atoms with van der Waals surface area (Å²) in [6, 6.07) is 10.2. The molecule has 0 saturated carbocycles. The molecule has 4 heterocycles. The average Bonchev–Trinajstić information content (AvgIpc) is 3.19. The number of anilines is 1. The normalized spacial score (nSPS) is 23.5. The third kappa shape index (κ3) is 5.72. The van der Waals surface area contributed by atoms with Crippen LogP contribution in [0.2, 0.25) is 0 Å². The molecule has 0 radical (unpaired) electrons. The predicted octanol–water partition coefficient (Wildman–Crippen LogP) is 2.88. The molecular formula is C28H41N5O4. The minimum Gasteiger partial charge on any atom is -0.496 e. The second-order valence-corrected chi connectivity index (χ2v) is 10.2. The lowest BCUT2D eigenvalue weighted by atomic mass is 9.96. The number of nitrogens with zero attached hydrogens (tertiary/aromatic N) is 3. The molecule has 9 heteroatoms. The van der Waals surface area contributed by atoms with Crippen LogP contribution in [0.4, 0.5) is 5.82 Å². The fourth-order valence-corrected chi connectivity index (χ4v) is 5.94. The van der Waals surface area contributed by atoms with Crippen molar-refractivity contribution in [2.45, 2.75) is 50.7 Å². The Balaban J connectivity index is 0.00000210. The highest BCUT2D eigenvalue weighted by molar-refractivity contribution is 5.96. The number of fused-ring (bicyclic) bond motifs is 2. The van der Waals surface area contributed by atoms with Gasteiger partial charge >= 0.3 is 0 Å². The van der Waals surface area contributed by atoms with E-state index in [0.717, 1.165) is 75.7 Å². The van der Waals surface area contributed by atoms with E-state index in [9.17, 15) is 9.59 Å². The molecule has 202 valence electrons. The number of rotatable bonds is 8. The summed E-state index contributed by atoms with van der Waals surface area (Å²) in [4.78, 5) is 34.9. The molecule has 0 aliphatic carbocycles. The second kappa shape index (κ2) is 11.5. The van der Waals surface area contributed by atoms with Crippen LogP contribution in [0.3, 0.4) is 0 Å². The SMILES string of the molecule is COc1cccc(C(=O)NC2CC3CCC(C2)N3c2ccc(C(=O)NCCN3CCOCC3)cn2)c1C.[HH].[HH]. The molecule has 2 atom stereocenters. The summed E-state index contributed by atoms with van der Waals surface area (Å²) in [6.07, 6.45) is 5.62. The van der Waals surface area contributed by atoms with Gasteiger partial charge in [0.2, 0.25) is 0 Å². The smallest absolute Gasteiger partial charge is 0.252 e. The molecule has 3 fully saturated rings. The first-order valence-electron chi connectivity index (χ1n) is 13.3. The van der Waals surface area contributed by atoms with Crippen LogP contribution in [0, 0.1) is 6.92 Å². The van der Waals surface area contributed by atoms with E-state index in [-0.39, 0.29) is 20.7 Å². The van der Waals surface area contributed by atoms with Gasteiger partial charge in [-0.3, -0.25) is 14.5 Å². The van der Waals surface area contributed by atoms with Crippen LogP contribution in [0.5, 0.6) is 5.75 Å². The number of piperidine rings is 1. The van der Waals surface area contributed by atoms with Gasteiger partial charge in [0.15, 0.2) is 0 Å². The molecule has 3 aliphatic rings. The van der Waals surface area contributed by atoms with Crippen molar-refractivity contribution in [3.63, 3.8) is 0 Å². The second-order valence-electron chi connectivity index (χ2n) is 10.2. The van der Waals surface area contributed by atoms with Gasteiger partial charge in [-0.25, -0.2) is 4.98 Å². The zero-order valence-electron chi connectivity index (χ0n) is 21.7. The maximum atomic E-state index is 13.0. The van der Waals surface area contributed by atoms with Gasteiger partial charge in [0.1, 0.15) is 11.6 Å². The lowest BCUT2D eigenvalue weighted by Crippen LogP contribution is -2.50. The minimum absolute atomic E-state index is 0. The molecule has 2 aromatic rings. The zero-order valence-corrected chi connectivity index (χ0v) is 21.7. The Morgan fingerprint density at radius 1 is 1.11 bits per heavy atom. The number of hydrogen-bond donors (Lipinski definition) is 2. The molecular weight excluding hydrogens is 470 g/mol. The first-order chi connectivity index (χ1) is 18.0. The molecule has 0 spiro atoms. The number of hydrogen-bond acceptors (Lipinski definition) is 7. The van der Waals surface area contributed by atoms with Crippen LogP contribution < -0.4 is 20.3 Å². The summed E-state index contributed by atoms with van der Waals surface area (Å²) in [5.74, 6) is 1.49. The van der Waals surface area contributed by atoms with E-state index in [1.54, 1.807) is 13.3 Å². The van der Waals surface area contributed by atoms with E-state index in [0.29, 0.717) is 29.8 Å². The molecule has 2 bridgehead atoms. The molecule has 9 nitrogen and oxygen atoms in total. The standard InChI is InChI=1S/C28H37N5O4.2H2/c1-19-24(4-3-5-25(19)36-2)28(35)31-21-16-22-7-8-23(17-21)33(22)26-9-6-20(18-30-26)27(34)29-10-11-32-12-14-37-15-13-32;;/h3-6,9,18,21-23H,7-8,10-17H2,1-2H3,(H,29,34)(H,31,35);2*1H. The highest BCUT2D eigenvalue weighted by atomic mass is 16.5. The Bertz CT molecular complexity index is 1100. The Labute approximate surface area is 221 Å². The van der Waals surface area contributed by atoms with E-state index in [1.165, 1.54) is 0 Å². The topological polar surface area (TPSA) is 96.0 Å². The zero-order chi connectivity index (χ0) is 25.8. The van der Waals surface area contributed by atoms with Crippen molar-refractivity contribution in [1.29, 1.82) is 0 Å². The van der Waals surface area contributed by atoms with Crippen LogP contribution in [0.25, 0.3) is 0 Å². The quantitative estimate of drug-likeness (QED) is 0.563. The van der Waals surface area contributed by atoms with Gasteiger partial charge in [-0.05, 0) is 56.9 Å². The fourth-order valence-electron chi connectivity index (χ4n) is 5.94. The molecule has 3 saturated heterocycles. The van der Waals surface area contributed by atoms with E-state index in [4.69, 9.17) is 9.47 Å². The third-order valence-corrected chi connectivity index (χ3v) is 7.91. The van der Waals surface area contributed by atoms with E-state index >= 15 is 0 Å². The molecule has 1 aromatic carbocycles. The van der Waals surface area contributed by atoms with Gasteiger partial charge in [-0.2, -0.15) is 0 Å². The number of benzene rings is 1. The number of carbonyl (C=O) groups excluding carboxylic acids is 2. The van der Waals surface area contributed by atoms with E-state index in [1.807, 2.05) is 37.3 Å². The first-order valence-corrected chi connectivity index (χ1v) is 13.3. The van der Waals surface area contributed by atoms with Crippen molar-refractivity contribution < 1.29 is 21.9 Å². The van der Waals surface area contributed by atoms with Crippen molar-refractivity contribution in [3.05, 3.63) is 53.2 Å². The number of morpholine rings is 1.